The van der Waals surface area contributed by atoms with Crippen molar-refractivity contribution in [2.75, 3.05) is 0 Å². The van der Waals surface area contributed by atoms with Gasteiger partial charge in [-0.2, -0.15) is 8.42 Å². The van der Waals surface area contributed by atoms with E-state index in [1.807, 2.05) is 13.8 Å². The highest BCUT2D eigenvalue weighted by Gasteiger charge is 2.19. The molecule has 0 aromatic heterocycles. The average Bonchev–Trinajstić information content (AvgIpc) is 2.37. The molecule has 0 atom stereocenters. The molecule has 0 unspecified atom stereocenters. The van der Waals surface area contributed by atoms with Gasteiger partial charge in [0.05, 0.1) is 4.90 Å². The molecule has 0 aliphatic heterocycles. The number of rotatable bonds is 3. The number of hydrogen-bond donors (Lipinski definition) is 1. The van der Waals surface area contributed by atoms with Crippen LogP contribution in [0.2, 0.25) is 0 Å². The highest BCUT2D eigenvalue weighted by molar-refractivity contribution is 7.85. The van der Waals surface area contributed by atoms with Crippen LogP contribution in [0.25, 0.3) is 10.8 Å². The first-order valence-electron chi connectivity index (χ1n) is 6.83. The smallest absolute Gasteiger partial charge is 0.282 e. The first-order valence-corrected chi connectivity index (χ1v) is 8.27. The van der Waals surface area contributed by atoms with Crippen molar-refractivity contribution in [1.82, 2.24) is 0 Å². The maximum Gasteiger partial charge on any atom is 0.294 e. The maximum atomic E-state index is 11.6. The number of hydrogen-bond acceptors (Lipinski definition) is 2. The summed E-state index contributed by atoms with van der Waals surface area (Å²) in [6.45, 7) is 7.83. The Hall–Kier alpha value is -1.39. The van der Waals surface area contributed by atoms with Crippen LogP contribution in [0.3, 0.4) is 0 Å². The number of fused-ring (bicyclic) bond motifs is 1. The zero-order chi connectivity index (χ0) is 15.1. The quantitative estimate of drug-likeness (QED) is 0.875. The second kappa shape index (κ2) is 5.19. The molecule has 2 aromatic carbocycles. The van der Waals surface area contributed by atoms with Crippen LogP contribution in [0, 0.1) is 13.8 Å². The van der Waals surface area contributed by atoms with Crippen LogP contribution in [-0.2, 0) is 23.0 Å². The van der Waals surface area contributed by atoms with Crippen LogP contribution in [0.1, 0.15) is 36.1 Å². The van der Waals surface area contributed by atoms with E-state index in [0.29, 0.717) is 5.56 Å². The minimum Gasteiger partial charge on any atom is -0.282 e. The first kappa shape index (κ1) is 15.0. The molecule has 0 bridgehead atoms. The van der Waals surface area contributed by atoms with Gasteiger partial charge >= 0.3 is 0 Å². The fourth-order valence-corrected chi connectivity index (χ4v) is 3.70. The van der Waals surface area contributed by atoms with Gasteiger partial charge in [0.15, 0.2) is 0 Å². The molecule has 0 saturated heterocycles. The summed E-state index contributed by atoms with van der Waals surface area (Å²) >= 11 is 0. The molecule has 20 heavy (non-hydrogen) atoms. The summed E-state index contributed by atoms with van der Waals surface area (Å²) in [6.07, 6.45) is 1.63. The van der Waals surface area contributed by atoms with E-state index in [0.717, 1.165) is 34.7 Å². The minimum atomic E-state index is -4.19. The predicted molar refractivity (Wildman–Crippen MR) is 82.0 cm³/mol. The van der Waals surface area contributed by atoms with Gasteiger partial charge in [0.2, 0.25) is 0 Å². The van der Waals surface area contributed by atoms with E-state index in [9.17, 15) is 13.0 Å². The van der Waals surface area contributed by atoms with Gasteiger partial charge < -0.3 is 0 Å². The van der Waals surface area contributed by atoms with Crippen molar-refractivity contribution in [1.29, 1.82) is 0 Å². The summed E-state index contributed by atoms with van der Waals surface area (Å²) in [5.74, 6) is 0. The van der Waals surface area contributed by atoms with E-state index in [4.69, 9.17) is 0 Å². The lowest BCUT2D eigenvalue weighted by Gasteiger charge is -2.16. The Morgan fingerprint density at radius 2 is 1.65 bits per heavy atom. The van der Waals surface area contributed by atoms with Crippen molar-refractivity contribution >= 4 is 20.9 Å². The molecule has 0 aliphatic carbocycles. The molecular weight excluding hydrogens is 272 g/mol. The zero-order valence-electron chi connectivity index (χ0n) is 12.3. The van der Waals surface area contributed by atoms with Crippen LogP contribution in [0.4, 0.5) is 0 Å². The molecule has 0 saturated carbocycles. The molecule has 2 rings (SSSR count). The van der Waals surface area contributed by atoms with Gasteiger partial charge in [-0.1, -0.05) is 26.0 Å². The monoisotopic (exact) mass is 292 g/mol. The van der Waals surface area contributed by atoms with Gasteiger partial charge in [-0.3, -0.25) is 4.55 Å². The Kier molecular flexibility index (Phi) is 3.89. The Bertz CT molecular complexity index is 774. The molecule has 1 N–H and O–H groups in total. The summed E-state index contributed by atoms with van der Waals surface area (Å²) < 4.78 is 32.6. The molecule has 0 fully saturated rings. The van der Waals surface area contributed by atoms with Crippen molar-refractivity contribution in [2.24, 2.45) is 0 Å². The molecule has 0 aliphatic rings. The summed E-state index contributed by atoms with van der Waals surface area (Å²) in [5.41, 5.74) is 3.92. The van der Waals surface area contributed by atoms with Crippen molar-refractivity contribution in [3.05, 3.63) is 40.5 Å². The molecule has 108 valence electrons. The second-order valence-electron chi connectivity index (χ2n) is 5.11. The largest absolute Gasteiger partial charge is 0.294 e. The maximum absolute atomic E-state index is 11.6. The van der Waals surface area contributed by atoms with Crippen molar-refractivity contribution in [2.45, 2.75) is 45.4 Å². The van der Waals surface area contributed by atoms with E-state index in [-0.39, 0.29) is 4.90 Å². The van der Waals surface area contributed by atoms with Crippen molar-refractivity contribution in [3.63, 3.8) is 0 Å². The fraction of sp³-hybridized carbons (Fsp3) is 0.375. The molecule has 0 amide bonds. The summed E-state index contributed by atoms with van der Waals surface area (Å²) in [5, 5.41) is 1.99. The third-order valence-corrected chi connectivity index (χ3v) is 5.04. The highest BCUT2D eigenvalue weighted by Crippen LogP contribution is 2.32. The SMILES string of the molecule is CCc1ccc2c(CC)c(C)c(S(=O)(=O)O)cc2c1C. The molecule has 0 heterocycles. The average molecular weight is 292 g/mol. The summed E-state index contributed by atoms with van der Waals surface area (Å²) in [4.78, 5) is 0.0261. The molecule has 2 aromatic rings. The molecule has 4 heteroatoms. The molecule has 0 spiro atoms. The van der Waals surface area contributed by atoms with Crippen molar-refractivity contribution in [3.8, 4) is 0 Å². The molecule has 0 radical (unpaired) electrons. The lowest BCUT2D eigenvalue weighted by Crippen LogP contribution is -2.05. The Balaban J connectivity index is 3.00. The van der Waals surface area contributed by atoms with Gasteiger partial charge in [-0.25, -0.2) is 0 Å². The van der Waals surface area contributed by atoms with Gasteiger partial charge in [0.25, 0.3) is 10.1 Å². The van der Waals surface area contributed by atoms with Crippen LogP contribution in [0.15, 0.2) is 23.1 Å². The number of benzene rings is 2. The molecular formula is C16H20O3S. The van der Waals surface area contributed by atoms with Gasteiger partial charge in [-0.15, -0.1) is 0 Å². The Morgan fingerprint density at radius 1 is 1.00 bits per heavy atom. The molecule has 3 nitrogen and oxygen atoms in total. The van der Waals surface area contributed by atoms with E-state index in [2.05, 4.69) is 19.1 Å². The van der Waals surface area contributed by atoms with Gasteiger partial charge in [0, 0.05) is 0 Å². The summed E-state index contributed by atoms with van der Waals surface area (Å²) in [6, 6.07) is 5.76. The van der Waals surface area contributed by atoms with Crippen LogP contribution >= 0.6 is 0 Å². The van der Waals surface area contributed by atoms with Crippen LogP contribution < -0.4 is 0 Å². The zero-order valence-corrected chi connectivity index (χ0v) is 13.1. The number of aryl methyl sites for hydroxylation is 3. The van der Waals surface area contributed by atoms with Gasteiger partial charge in [-0.05, 0) is 65.8 Å². The highest BCUT2D eigenvalue weighted by atomic mass is 32.2. The van der Waals surface area contributed by atoms with Crippen molar-refractivity contribution < 1.29 is 13.0 Å². The van der Waals surface area contributed by atoms with Crippen LogP contribution in [0.5, 0.6) is 0 Å². The fourth-order valence-electron chi connectivity index (χ4n) is 2.92. The predicted octanol–water partition coefficient (Wildman–Crippen LogP) is 3.83. The van der Waals surface area contributed by atoms with Crippen LogP contribution in [-0.4, -0.2) is 13.0 Å². The lowest BCUT2D eigenvalue weighted by atomic mass is 9.92. The Morgan fingerprint density at radius 3 is 2.15 bits per heavy atom. The minimum absolute atomic E-state index is 0.0261. The van der Waals surface area contributed by atoms with E-state index in [1.54, 1.807) is 13.0 Å². The van der Waals surface area contributed by atoms with E-state index < -0.39 is 10.1 Å². The van der Waals surface area contributed by atoms with E-state index >= 15 is 0 Å². The second-order valence-corrected chi connectivity index (χ2v) is 6.50. The lowest BCUT2D eigenvalue weighted by molar-refractivity contribution is 0.482. The first-order chi connectivity index (χ1) is 9.31. The van der Waals surface area contributed by atoms with E-state index in [1.165, 1.54) is 5.56 Å². The normalized spacial score (nSPS) is 12.1. The summed E-state index contributed by atoms with van der Waals surface area (Å²) in [7, 11) is -4.19. The third kappa shape index (κ3) is 2.34. The third-order valence-electron chi connectivity index (χ3n) is 4.06. The topological polar surface area (TPSA) is 54.4 Å². The standard InChI is InChI=1S/C16H20O3S/c1-5-12-7-8-14-13(6-2)11(4)16(20(17,18)19)9-15(14)10(12)3/h7-9H,5-6H2,1-4H3,(H,17,18,19). The Labute approximate surface area is 120 Å². The van der Waals surface area contributed by atoms with Gasteiger partial charge in [0.1, 0.15) is 0 Å².